The van der Waals surface area contributed by atoms with Crippen molar-refractivity contribution >= 4 is 15.9 Å². The smallest absolute Gasteiger partial charge is 0.261 e. The Balaban J connectivity index is 1.96. The van der Waals surface area contributed by atoms with Crippen LogP contribution in [0.15, 0.2) is 27.2 Å². The summed E-state index contributed by atoms with van der Waals surface area (Å²) in [6, 6.07) is 4.84. The molecule has 1 heterocycles. The van der Waals surface area contributed by atoms with E-state index in [4.69, 9.17) is 9.26 Å². The third kappa shape index (κ3) is 3.97. The fourth-order valence-corrected chi connectivity index (χ4v) is 1.70. The Morgan fingerprint density at radius 2 is 2.20 bits per heavy atom. The lowest BCUT2D eigenvalue weighted by molar-refractivity contribution is 0.0182. The quantitative estimate of drug-likeness (QED) is 0.812. The summed E-state index contributed by atoms with van der Waals surface area (Å²) in [5.41, 5.74) is 0.568. The number of hydrogen-bond donors (Lipinski definition) is 1. The highest BCUT2D eigenvalue weighted by Gasteiger charge is 2.11. The zero-order chi connectivity index (χ0) is 14.5. The molecule has 0 saturated heterocycles. The van der Waals surface area contributed by atoms with Gasteiger partial charge in [-0.3, -0.25) is 0 Å². The predicted molar refractivity (Wildman–Crippen MR) is 69.6 cm³/mol. The van der Waals surface area contributed by atoms with Gasteiger partial charge in [-0.15, -0.1) is 0 Å². The molecule has 0 unspecified atom stereocenters. The minimum atomic E-state index is -2.48. The highest BCUT2D eigenvalue weighted by molar-refractivity contribution is 9.10. The van der Waals surface area contributed by atoms with Crippen LogP contribution in [0.2, 0.25) is 0 Å². The van der Waals surface area contributed by atoms with Crippen molar-refractivity contribution in [2.75, 3.05) is 13.2 Å². The fourth-order valence-electron chi connectivity index (χ4n) is 1.45. The Morgan fingerprint density at radius 3 is 2.90 bits per heavy atom. The van der Waals surface area contributed by atoms with E-state index in [1.807, 2.05) is 0 Å². The Hall–Kier alpha value is -1.54. The van der Waals surface area contributed by atoms with Crippen LogP contribution in [0.25, 0.3) is 11.5 Å². The van der Waals surface area contributed by atoms with E-state index in [-0.39, 0.29) is 24.7 Å². The molecule has 1 aromatic heterocycles. The average Bonchev–Trinajstić information content (AvgIpc) is 2.86. The molecule has 0 aliphatic carbocycles. The summed E-state index contributed by atoms with van der Waals surface area (Å²) in [6.07, 6.45) is -2.21. The second-order valence-electron chi connectivity index (χ2n) is 3.90. The number of rotatable bonds is 6. The monoisotopic (exact) mass is 348 g/mol. The minimum absolute atomic E-state index is 0.0579. The van der Waals surface area contributed by atoms with Gasteiger partial charge in [0, 0.05) is 12.0 Å². The molecule has 1 N–H and O–H groups in total. The van der Waals surface area contributed by atoms with Crippen LogP contribution in [-0.4, -0.2) is 34.9 Å². The topological polar surface area (TPSA) is 68.4 Å². The number of phenols is 1. The van der Waals surface area contributed by atoms with E-state index in [0.717, 1.165) is 0 Å². The van der Waals surface area contributed by atoms with Crippen molar-refractivity contribution in [1.29, 1.82) is 0 Å². The molecule has 0 fully saturated rings. The molecule has 0 amide bonds. The first-order valence-corrected chi connectivity index (χ1v) is 6.53. The molecule has 0 spiro atoms. The zero-order valence-electron chi connectivity index (χ0n) is 10.2. The van der Waals surface area contributed by atoms with Gasteiger partial charge < -0.3 is 14.4 Å². The summed E-state index contributed by atoms with van der Waals surface area (Å²) < 4.78 is 34.0. The first kappa shape index (κ1) is 14.9. The number of nitrogens with zero attached hydrogens (tertiary/aromatic N) is 2. The number of alkyl halides is 2. The van der Waals surface area contributed by atoms with Gasteiger partial charge in [0.25, 0.3) is 12.3 Å². The molecule has 8 heteroatoms. The molecule has 20 heavy (non-hydrogen) atoms. The van der Waals surface area contributed by atoms with E-state index in [2.05, 4.69) is 26.1 Å². The van der Waals surface area contributed by atoms with E-state index in [1.165, 1.54) is 6.07 Å². The van der Waals surface area contributed by atoms with Crippen molar-refractivity contribution < 1.29 is 23.1 Å². The lowest BCUT2D eigenvalue weighted by Gasteiger charge is -2.00. The van der Waals surface area contributed by atoms with Crippen LogP contribution >= 0.6 is 15.9 Å². The molecule has 0 saturated carbocycles. The van der Waals surface area contributed by atoms with Crippen molar-refractivity contribution in [3.05, 3.63) is 28.5 Å². The molecule has 108 valence electrons. The molecule has 0 bridgehead atoms. The number of benzene rings is 1. The lowest BCUT2D eigenvalue weighted by atomic mass is 10.2. The van der Waals surface area contributed by atoms with Crippen LogP contribution in [0.3, 0.4) is 0 Å². The SMILES string of the molecule is Oc1cc(-c2nc(CCOCC(F)F)no2)ccc1Br. The summed E-state index contributed by atoms with van der Waals surface area (Å²) in [7, 11) is 0. The lowest BCUT2D eigenvalue weighted by Crippen LogP contribution is -2.07. The fraction of sp³-hybridized carbons (Fsp3) is 0.333. The summed E-state index contributed by atoms with van der Waals surface area (Å²) in [5, 5.41) is 13.3. The first-order valence-electron chi connectivity index (χ1n) is 5.73. The van der Waals surface area contributed by atoms with Gasteiger partial charge in [0.2, 0.25) is 0 Å². The standard InChI is InChI=1S/C12H11BrF2N2O3/c13-8-2-1-7(5-9(8)18)12-16-11(17-20-12)3-4-19-6-10(14)15/h1-2,5,10,18H,3-4,6H2. The summed E-state index contributed by atoms with van der Waals surface area (Å²) >= 11 is 3.17. The maximum atomic E-state index is 11.9. The largest absolute Gasteiger partial charge is 0.507 e. The zero-order valence-corrected chi connectivity index (χ0v) is 11.8. The molecule has 1 aromatic carbocycles. The molecule has 0 radical (unpaired) electrons. The number of halogens is 3. The van der Waals surface area contributed by atoms with Gasteiger partial charge in [-0.05, 0) is 34.1 Å². The van der Waals surface area contributed by atoms with Gasteiger partial charge in [-0.2, -0.15) is 4.98 Å². The van der Waals surface area contributed by atoms with Crippen LogP contribution in [0, 0.1) is 0 Å². The van der Waals surface area contributed by atoms with E-state index in [0.29, 0.717) is 15.9 Å². The maximum absolute atomic E-state index is 11.9. The predicted octanol–water partition coefficient (Wildman–Crippen LogP) is 3.03. The molecular formula is C12H11BrF2N2O3. The van der Waals surface area contributed by atoms with Gasteiger partial charge in [0.1, 0.15) is 12.4 Å². The molecule has 2 aromatic rings. The molecule has 5 nitrogen and oxygen atoms in total. The van der Waals surface area contributed by atoms with E-state index >= 15 is 0 Å². The van der Waals surface area contributed by atoms with E-state index < -0.39 is 13.0 Å². The average molecular weight is 349 g/mol. The highest BCUT2D eigenvalue weighted by Crippen LogP contribution is 2.28. The van der Waals surface area contributed by atoms with Crippen molar-refractivity contribution in [2.24, 2.45) is 0 Å². The number of hydrogen-bond acceptors (Lipinski definition) is 5. The maximum Gasteiger partial charge on any atom is 0.261 e. The van der Waals surface area contributed by atoms with E-state index in [1.54, 1.807) is 12.1 Å². The minimum Gasteiger partial charge on any atom is -0.507 e. The molecular weight excluding hydrogens is 338 g/mol. The van der Waals surface area contributed by atoms with Gasteiger partial charge >= 0.3 is 0 Å². The molecule has 2 rings (SSSR count). The molecule has 0 aliphatic heterocycles. The van der Waals surface area contributed by atoms with Gasteiger partial charge in [0.15, 0.2) is 5.82 Å². The van der Waals surface area contributed by atoms with Crippen molar-refractivity contribution in [2.45, 2.75) is 12.8 Å². The number of ether oxygens (including phenoxy) is 1. The third-order valence-corrected chi connectivity index (χ3v) is 3.05. The van der Waals surface area contributed by atoms with E-state index in [9.17, 15) is 13.9 Å². The second-order valence-corrected chi connectivity index (χ2v) is 4.75. The van der Waals surface area contributed by atoms with Crippen LogP contribution in [0.5, 0.6) is 5.75 Å². The van der Waals surface area contributed by atoms with Crippen molar-refractivity contribution in [1.82, 2.24) is 10.1 Å². The first-order chi connectivity index (χ1) is 9.56. The van der Waals surface area contributed by atoms with Crippen LogP contribution in [-0.2, 0) is 11.2 Å². The van der Waals surface area contributed by atoms with Gasteiger partial charge in [-0.25, -0.2) is 8.78 Å². The number of aromatic nitrogens is 2. The summed E-state index contributed by atoms with van der Waals surface area (Å²) in [6.45, 7) is -0.514. The third-order valence-electron chi connectivity index (χ3n) is 2.38. The summed E-state index contributed by atoms with van der Waals surface area (Å²) in [4.78, 5) is 4.10. The van der Waals surface area contributed by atoms with Gasteiger partial charge in [-0.1, -0.05) is 5.16 Å². The van der Waals surface area contributed by atoms with Gasteiger partial charge in [0.05, 0.1) is 11.1 Å². The number of aromatic hydroxyl groups is 1. The number of phenolic OH excluding ortho intramolecular Hbond substituents is 1. The second kappa shape index (κ2) is 6.76. The Bertz CT molecular complexity index is 578. The van der Waals surface area contributed by atoms with Crippen LogP contribution in [0.4, 0.5) is 8.78 Å². The van der Waals surface area contributed by atoms with Crippen molar-refractivity contribution in [3.8, 4) is 17.2 Å². The normalized spacial score (nSPS) is 11.2. The summed E-state index contributed by atoms with van der Waals surface area (Å²) in [5.74, 6) is 0.663. The molecule has 0 aliphatic rings. The van der Waals surface area contributed by atoms with Crippen LogP contribution in [0.1, 0.15) is 5.82 Å². The Kier molecular flexibility index (Phi) is 5.02. The molecule has 0 atom stereocenters. The Morgan fingerprint density at radius 1 is 1.40 bits per heavy atom. The highest BCUT2D eigenvalue weighted by atomic mass is 79.9. The van der Waals surface area contributed by atoms with Crippen molar-refractivity contribution in [3.63, 3.8) is 0 Å². The Labute approximate surface area is 121 Å². The van der Waals surface area contributed by atoms with Crippen LogP contribution < -0.4 is 0 Å².